The molecule has 23 heavy (non-hydrogen) atoms. The molecule has 0 aliphatic heterocycles. The molecular formula is C18H21N3O2. The number of hydrogen-bond donors (Lipinski definition) is 3. The smallest absolute Gasteiger partial charge is 0.321 e. The monoisotopic (exact) mass is 311 g/mol. The van der Waals surface area contributed by atoms with Gasteiger partial charge in [-0.3, -0.25) is 15.4 Å². The third-order valence-electron chi connectivity index (χ3n) is 3.54. The molecule has 0 saturated heterocycles. The van der Waals surface area contributed by atoms with Gasteiger partial charge in [-0.2, -0.15) is 0 Å². The summed E-state index contributed by atoms with van der Waals surface area (Å²) in [5.41, 5.74) is 2.11. The highest BCUT2D eigenvalue weighted by Crippen LogP contribution is 2.22. The molecule has 120 valence electrons. The van der Waals surface area contributed by atoms with Crippen molar-refractivity contribution in [2.24, 2.45) is 0 Å². The number of carbonyl (C=O) groups excluding carboxylic acids is 2. The van der Waals surface area contributed by atoms with Gasteiger partial charge in [0.15, 0.2) is 0 Å². The van der Waals surface area contributed by atoms with Crippen molar-refractivity contribution in [2.75, 3.05) is 7.05 Å². The molecule has 5 heteroatoms. The molecule has 0 fully saturated rings. The third-order valence-corrected chi connectivity index (χ3v) is 3.54. The Bertz CT molecular complexity index is 604. The fourth-order valence-electron chi connectivity index (χ4n) is 2.28. The summed E-state index contributed by atoms with van der Waals surface area (Å²) in [6.45, 7) is 1.73. The Balaban J connectivity index is 2.19. The van der Waals surface area contributed by atoms with Crippen LogP contribution < -0.4 is 16.0 Å². The van der Waals surface area contributed by atoms with Crippen molar-refractivity contribution >= 4 is 11.9 Å². The molecule has 0 heterocycles. The minimum absolute atomic E-state index is 0.136. The molecule has 2 aromatic rings. The second-order valence-electron chi connectivity index (χ2n) is 5.21. The van der Waals surface area contributed by atoms with Crippen LogP contribution in [0.2, 0.25) is 0 Å². The quantitative estimate of drug-likeness (QED) is 0.793. The highest BCUT2D eigenvalue weighted by molar-refractivity contribution is 5.96. The predicted molar refractivity (Wildman–Crippen MR) is 89.9 cm³/mol. The van der Waals surface area contributed by atoms with E-state index < -0.39 is 12.1 Å². The normalized spacial score (nSPS) is 11.8. The lowest BCUT2D eigenvalue weighted by atomic mass is 9.98. The summed E-state index contributed by atoms with van der Waals surface area (Å²) in [6.07, 6.45) is 0. The highest BCUT2D eigenvalue weighted by atomic mass is 16.2. The van der Waals surface area contributed by atoms with Crippen molar-refractivity contribution in [3.05, 3.63) is 71.8 Å². The predicted octanol–water partition coefficient (Wildman–Crippen LogP) is 2.21. The van der Waals surface area contributed by atoms with Gasteiger partial charge in [0.2, 0.25) is 5.91 Å². The number of imide groups is 1. The van der Waals surface area contributed by atoms with Gasteiger partial charge < -0.3 is 5.32 Å². The Labute approximate surface area is 136 Å². The highest BCUT2D eigenvalue weighted by Gasteiger charge is 2.21. The number of benzene rings is 2. The molecule has 2 aromatic carbocycles. The summed E-state index contributed by atoms with van der Waals surface area (Å²) in [7, 11) is 1.47. The Morgan fingerprint density at radius 2 is 1.35 bits per heavy atom. The molecule has 5 nitrogen and oxygen atoms in total. The molecule has 0 aromatic heterocycles. The Kier molecular flexibility index (Phi) is 5.88. The van der Waals surface area contributed by atoms with Crippen LogP contribution in [0.15, 0.2) is 60.7 Å². The van der Waals surface area contributed by atoms with E-state index in [-0.39, 0.29) is 11.9 Å². The van der Waals surface area contributed by atoms with Crippen LogP contribution in [0.5, 0.6) is 0 Å². The average Bonchev–Trinajstić information content (AvgIpc) is 2.60. The van der Waals surface area contributed by atoms with Crippen LogP contribution in [0.25, 0.3) is 0 Å². The zero-order valence-corrected chi connectivity index (χ0v) is 13.2. The third kappa shape index (κ3) is 4.66. The van der Waals surface area contributed by atoms with E-state index in [1.165, 1.54) is 7.05 Å². The largest absolute Gasteiger partial charge is 0.341 e. The number of carbonyl (C=O) groups is 2. The van der Waals surface area contributed by atoms with E-state index in [0.717, 1.165) is 11.1 Å². The van der Waals surface area contributed by atoms with Crippen LogP contribution in [0, 0.1) is 0 Å². The van der Waals surface area contributed by atoms with Crippen molar-refractivity contribution < 1.29 is 9.59 Å². The molecule has 3 N–H and O–H groups in total. The second kappa shape index (κ2) is 8.10. The van der Waals surface area contributed by atoms with Crippen LogP contribution in [-0.2, 0) is 4.79 Å². The van der Waals surface area contributed by atoms with Gasteiger partial charge in [0.05, 0.1) is 12.1 Å². The maximum absolute atomic E-state index is 12.1. The molecule has 2 rings (SSSR count). The molecule has 3 amide bonds. The summed E-state index contributed by atoms with van der Waals surface area (Å²) in [5, 5.41) is 7.94. The first-order chi connectivity index (χ1) is 11.1. The summed E-state index contributed by atoms with van der Waals surface area (Å²) in [4.78, 5) is 23.4. The van der Waals surface area contributed by atoms with Gasteiger partial charge in [0.1, 0.15) is 0 Å². The lowest BCUT2D eigenvalue weighted by Crippen LogP contribution is -2.48. The minimum Gasteiger partial charge on any atom is -0.341 e. The van der Waals surface area contributed by atoms with Crippen LogP contribution in [0.1, 0.15) is 24.1 Å². The maximum Gasteiger partial charge on any atom is 0.321 e. The van der Waals surface area contributed by atoms with Gasteiger partial charge in [-0.15, -0.1) is 0 Å². The van der Waals surface area contributed by atoms with Gasteiger partial charge in [0, 0.05) is 7.05 Å². The van der Waals surface area contributed by atoms with Crippen LogP contribution >= 0.6 is 0 Å². The Morgan fingerprint density at radius 3 is 1.78 bits per heavy atom. The fraction of sp³-hybridized carbons (Fsp3) is 0.222. The van der Waals surface area contributed by atoms with E-state index in [0.29, 0.717) is 0 Å². The SMILES string of the molecule is CNC(=O)NC(=O)[C@@H](C)NC(c1ccccc1)c1ccccc1. The number of urea groups is 1. The molecule has 0 aliphatic carbocycles. The van der Waals surface area contributed by atoms with E-state index in [9.17, 15) is 9.59 Å². The summed E-state index contributed by atoms with van der Waals surface area (Å²) < 4.78 is 0. The molecule has 0 spiro atoms. The van der Waals surface area contributed by atoms with Gasteiger partial charge in [0.25, 0.3) is 0 Å². The first-order valence-electron chi connectivity index (χ1n) is 7.50. The number of hydrogen-bond acceptors (Lipinski definition) is 3. The van der Waals surface area contributed by atoms with Crippen LogP contribution in [0.4, 0.5) is 4.79 Å². The molecule has 0 radical (unpaired) electrons. The minimum atomic E-state index is -0.530. The molecule has 0 aliphatic rings. The lowest BCUT2D eigenvalue weighted by molar-refractivity contribution is -0.121. The molecule has 1 atom stereocenters. The van der Waals surface area contributed by atoms with Crippen molar-refractivity contribution in [3.8, 4) is 0 Å². The van der Waals surface area contributed by atoms with E-state index >= 15 is 0 Å². The number of nitrogens with one attached hydrogen (secondary N) is 3. The zero-order valence-electron chi connectivity index (χ0n) is 13.2. The maximum atomic E-state index is 12.1. The fourth-order valence-corrected chi connectivity index (χ4v) is 2.28. The van der Waals surface area contributed by atoms with Gasteiger partial charge in [-0.25, -0.2) is 4.79 Å². The first kappa shape index (κ1) is 16.7. The number of rotatable bonds is 5. The van der Waals surface area contributed by atoms with Crippen LogP contribution in [0.3, 0.4) is 0 Å². The van der Waals surface area contributed by atoms with E-state index in [1.54, 1.807) is 6.92 Å². The average molecular weight is 311 g/mol. The molecular weight excluding hydrogens is 290 g/mol. The van der Waals surface area contributed by atoms with Crippen molar-refractivity contribution in [1.82, 2.24) is 16.0 Å². The van der Waals surface area contributed by atoms with E-state index in [4.69, 9.17) is 0 Å². The van der Waals surface area contributed by atoms with Crippen molar-refractivity contribution in [1.29, 1.82) is 0 Å². The Morgan fingerprint density at radius 1 is 0.870 bits per heavy atom. The van der Waals surface area contributed by atoms with Gasteiger partial charge >= 0.3 is 6.03 Å². The topological polar surface area (TPSA) is 70.2 Å². The zero-order chi connectivity index (χ0) is 16.7. The van der Waals surface area contributed by atoms with Gasteiger partial charge in [-0.1, -0.05) is 60.7 Å². The second-order valence-corrected chi connectivity index (χ2v) is 5.21. The summed E-state index contributed by atoms with van der Waals surface area (Å²) in [6, 6.07) is 18.6. The number of amides is 3. The van der Waals surface area contributed by atoms with Crippen LogP contribution in [-0.4, -0.2) is 25.0 Å². The summed E-state index contributed by atoms with van der Waals surface area (Å²) in [5.74, 6) is -0.374. The van der Waals surface area contributed by atoms with Gasteiger partial charge in [-0.05, 0) is 18.1 Å². The van der Waals surface area contributed by atoms with E-state index in [1.807, 2.05) is 60.7 Å². The van der Waals surface area contributed by atoms with Crippen molar-refractivity contribution in [2.45, 2.75) is 19.0 Å². The first-order valence-corrected chi connectivity index (χ1v) is 7.50. The standard InChI is InChI=1S/C18H21N3O2/c1-13(17(22)21-18(23)19-2)20-16(14-9-5-3-6-10-14)15-11-7-4-8-12-15/h3-13,16,20H,1-2H3,(H2,19,21,22,23)/t13-/m1/s1. The summed E-state index contributed by atoms with van der Waals surface area (Å²) >= 11 is 0. The molecule has 0 unspecified atom stereocenters. The molecule has 0 saturated carbocycles. The van der Waals surface area contributed by atoms with E-state index in [2.05, 4.69) is 16.0 Å². The lowest BCUT2D eigenvalue weighted by Gasteiger charge is -2.23. The Hall–Kier alpha value is -2.66. The van der Waals surface area contributed by atoms with Crippen molar-refractivity contribution in [3.63, 3.8) is 0 Å². The molecule has 0 bridgehead atoms.